The van der Waals surface area contributed by atoms with E-state index >= 15 is 0 Å². The zero-order chi connectivity index (χ0) is 10.4. The summed E-state index contributed by atoms with van der Waals surface area (Å²) in [5, 5.41) is 14.7. The molecule has 0 bridgehead atoms. The van der Waals surface area contributed by atoms with Crippen LogP contribution in [-0.4, -0.2) is 60.8 Å². The van der Waals surface area contributed by atoms with Gasteiger partial charge < -0.3 is 9.80 Å². The molecule has 0 aromatic heterocycles. The molecule has 1 aliphatic heterocycles. The first kappa shape index (κ1) is 11.3. The highest BCUT2D eigenvalue weighted by Crippen LogP contribution is 1.99. The average Bonchev–Trinajstić information content (AvgIpc) is 2.19. The Bertz CT molecular complexity index is 181. The van der Waals surface area contributed by atoms with E-state index in [9.17, 15) is 4.79 Å². The first-order valence-corrected chi connectivity index (χ1v) is 4.30. The standard InChI is InChI=1S/C7H14N2O5/c1-8-2-4-9(5-3-8)7(10)6-12-14-13-11/h11H,2-6H2,1H3. The van der Waals surface area contributed by atoms with Gasteiger partial charge in [0.15, 0.2) is 6.61 Å². The fourth-order valence-electron chi connectivity index (χ4n) is 1.24. The lowest BCUT2D eigenvalue weighted by Gasteiger charge is -2.32. The molecule has 0 aromatic rings. The molecule has 1 fully saturated rings. The summed E-state index contributed by atoms with van der Waals surface area (Å²) >= 11 is 0. The van der Waals surface area contributed by atoms with Gasteiger partial charge in [0.2, 0.25) is 0 Å². The Balaban J connectivity index is 2.17. The Morgan fingerprint density at radius 2 is 2.00 bits per heavy atom. The molecule has 1 rings (SSSR count). The monoisotopic (exact) mass is 206 g/mol. The summed E-state index contributed by atoms with van der Waals surface area (Å²) in [5.74, 6) is -0.185. The van der Waals surface area contributed by atoms with Crippen molar-refractivity contribution >= 4 is 5.91 Å². The summed E-state index contributed by atoms with van der Waals surface area (Å²) in [4.78, 5) is 19.4. The van der Waals surface area contributed by atoms with Gasteiger partial charge in [-0.25, -0.2) is 5.26 Å². The fourth-order valence-corrected chi connectivity index (χ4v) is 1.24. The van der Waals surface area contributed by atoms with Crippen molar-refractivity contribution in [2.24, 2.45) is 0 Å². The topological polar surface area (TPSA) is 71.5 Å². The van der Waals surface area contributed by atoms with Crippen LogP contribution in [0.2, 0.25) is 0 Å². The first-order valence-electron chi connectivity index (χ1n) is 4.30. The lowest BCUT2D eigenvalue weighted by Crippen LogP contribution is -2.48. The molecule has 7 nitrogen and oxygen atoms in total. The molecular weight excluding hydrogens is 192 g/mol. The Kier molecular flexibility index (Phi) is 4.77. The highest BCUT2D eigenvalue weighted by molar-refractivity contribution is 5.77. The first-order chi connectivity index (χ1) is 6.74. The van der Waals surface area contributed by atoms with Crippen LogP contribution in [-0.2, 0) is 19.8 Å². The van der Waals surface area contributed by atoms with E-state index in [1.807, 2.05) is 7.05 Å². The van der Waals surface area contributed by atoms with Crippen LogP contribution in [0, 0.1) is 0 Å². The van der Waals surface area contributed by atoms with Gasteiger partial charge >= 0.3 is 0 Å². The molecule has 1 aliphatic rings. The smallest absolute Gasteiger partial charge is 0.252 e. The third-order valence-electron chi connectivity index (χ3n) is 2.12. The Morgan fingerprint density at radius 3 is 2.57 bits per heavy atom. The van der Waals surface area contributed by atoms with Gasteiger partial charge in [0.25, 0.3) is 5.91 Å². The van der Waals surface area contributed by atoms with Crippen molar-refractivity contribution in [3.8, 4) is 0 Å². The van der Waals surface area contributed by atoms with E-state index in [0.29, 0.717) is 13.1 Å². The maximum absolute atomic E-state index is 11.3. The summed E-state index contributed by atoms with van der Waals surface area (Å²) in [6.07, 6.45) is 0. The number of hydrogen-bond acceptors (Lipinski definition) is 6. The maximum Gasteiger partial charge on any atom is 0.252 e. The molecule has 0 spiro atoms. The van der Waals surface area contributed by atoms with Gasteiger partial charge in [0.05, 0.1) is 0 Å². The van der Waals surface area contributed by atoms with Crippen molar-refractivity contribution in [3.63, 3.8) is 0 Å². The summed E-state index contributed by atoms with van der Waals surface area (Å²) in [6, 6.07) is 0. The second-order valence-electron chi connectivity index (χ2n) is 3.09. The molecule has 0 unspecified atom stereocenters. The molecular formula is C7H14N2O5. The second kappa shape index (κ2) is 5.89. The second-order valence-corrected chi connectivity index (χ2v) is 3.09. The van der Waals surface area contributed by atoms with Gasteiger partial charge in [-0.2, -0.15) is 4.89 Å². The number of nitrogens with zero attached hydrogens (tertiary/aromatic N) is 2. The molecule has 0 radical (unpaired) electrons. The average molecular weight is 206 g/mol. The Morgan fingerprint density at radius 1 is 1.36 bits per heavy atom. The van der Waals surface area contributed by atoms with E-state index in [4.69, 9.17) is 5.26 Å². The van der Waals surface area contributed by atoms with Crippen LogP contribution in [0.5, 0.6) is 0 Å². The highest BCUT2D eigenvalue weighted by Gasteiger charge is 2.19. The maximum atomic E-state index is 11.3. The summed E-state index contributed by atoms with van der Waals surface area (Å²) in [7, 11) is 2.00. The van der Waals surface area contributed by atoms with Gasteiger partial charge in [0, 0.05) is 26.2 Å². The third-order valence-corrected chi connectivity index (χ3v) is 2.12. The van der Waals surface area contributed by atoms with Crippen molar-refractivity contribution in [1.82, 2.24) is 9.80 Å². The Labute approximate surface area is 81.5 Å². The number of carbonyl (C=O) groups excluding carboxylic acids is 1. The van der Waals surface area contributed by atoms with Gasteiger partial charge in [-0.3, -0.25) is 4.79 Å². The van der Waals surface area contributed by atoms with Crippen LogP contribution in [0.25, 0.3) is 0 Å². The van der Waals surface area contributed by atoms with Crippen LogP contribution in [0.15, 0.2) is 0 Å². The van der Waals surface area contributed by atoms with Crippen LogP contribution in [0.1, 0.15) is 0 Å². The number of piperazine rings is 1. The largest absolute Gasteiger partial charge is 0.338 e. The quantitative estimate of drug-likeness (QED) is 0.365. The number of carbonyl (C=O) groups is 1. The molecule has 0 atom stereocenters. The summed E-state index contributed by atoms with van der Waals surface area (Å²) in [5.41, 5.74) is 0. The molecule has 14 heavy (non-hydrogen) atoms. The number of rotatable bonds is 4. The van der Waals surface area contributed by atoms with E-state index < -0.39 is 0 Å². The molecule has 0 aromatic carbocycles. The van der Waals surface area contributed by atoms with Crippen molar-refractivity contribution in [1.29, 1.82) is 0 Å². The van der Waals surface area contributed by atoms with Crippen molar-refractivity contribution in [2.75, 3.05) is 39.8 Å². The zero-order valence-electron chi connectivity index (χ0n) is 8.01. The minimum Gasteiger partial charge on any atom is -0.338 e. The summed E-state index contributed by atoms with van der Waals surface area (Å²) < 4.78 is 0. The zero-order valence-corrected chi connectivity index (χ0v) is 8.01. The van der Waals surface area contributed by atoms with Crippen LogP contribution < -0.4 is 0 Å². The van der Waals surface area contributed by atoms with Gasteiger partial charge in [-0.1, -0.05) is 0 Å². The molecule has 0 aliphatic carbocycles. The SMILES string of the molecule is CN1CCN(C(=O)COOOO)CC1. The third kappa shape index (κ3) is 3.56. The van der Waals surface area contributed by atoms with Crippen molar-refractivity contribution in [3.05, 3.63) is 0 Å². The predicted molar refractivity (Wildman–Crippen MR) is 44.8 cm³/mol. The molecule has 1 amide bonds. The van der Waals surface area contributed by atoms with E-state index in [1.165, 1.54) is 0 Å². The molecule has 1 N–H and O–H groups in total. The van der Waals surface area contributed by atoms with Gasteiger partial charge in [-0.15, -0.1) is 0 Å². The van der Waals surface area contributed by atoms with E-state index in [1.54, 1.807) is 4.90 Å². The fraction of sp³-hybridized carbons (Fsp3) is 0.857. The van der Waals surface area contributed by atoms with Crippen LogP contribution in [0.3, 0.4) is 0 Å². The summed E-state index contributed by atoms with van der Waals surface area (Å²) in [6.45, 7) is 2.80. The molecule has 82 valence electrons. The highest BCUT2D eigenvalue weighted by atomic mass is 17.6. The Hall–Kier alpha value is -0.730. The van der Waals surface area contributed by atoms with E-state index in [2.05, 4.69) is 19.9 Å². The molecule has 7 heteroatoms. The van der Waals surface area contributed by atoms with Crippen LogP contribution in [0.4, 0.5) is 0 Å². The van der Waals surface area contributed by atoms with Crippen LogP contribution >= 0.6 is 0 Å². The lowest BCUT2D eigenvalue weighted by atomic mass is 10.3. The lowest BCUT2D eigenvalue weighted by molar-refractivity contribution is -0.621. The number of amides is 1. The number of hydrogen-bond donors (Lipinski definition) is 1. The van der Waals surface area contributed by atoms with Crippen molar-refractivity contribution in [2.45, 2.75) is 0 Å². The number of likely N-dealkylation sites (N-methyl/N-ethyl adjacent to an activating group) is 1. The molecule has 0 saturated carbocycles. The molecule has 1 saturated heterocycles. The van der Waals surface area contributed by atoms with E-state index in [0.717, 1.165) is 13.1 Å². The van der Waals surface area contributed by atoms with Crippen molar-refractivity contribution < 1.29 is 25.0 Å². The van der Waals surface area contributed by atoms with Gasteiger partial charge in [0.1, 0.15) is 0 Å². The van der Waals surface area contributed by atoms with Gasteiger partial charge in [-0.05, 0) is 17.1 Å². The normalized spacial score (nSPS) is 18.6. The minimum atomic E-state index is -0.260. The molecule has 1 heterocycles. The predicted octanol–water partition coefficient (Wildman–Crippen LogP) is -0.887. The minimum absolute atomic E-state index is 0.185. The van der Waals surface area contributed by atoms with E-state index in [-0.39, 0.29) is 12.5 Å².